The number of aromatic nitrogens is 3. The van der Waals surface area contributed by atoms with Crippen molar-refractivity contribution in [3.05, 3.63) is 180 Å². The van der Waals surface area contributed by atoms with Crippen molar-refractivity contribution >= 4 is 21.9 Å². The number of aromatic hydroxyl groups is 1. The summed E-state index contributed by atoms with van der Waals surface area (Å²) in [6.07, 6.45) is 1.96. The van der Waals surface area contributed by atoms with E-state index >= 15 is 0 Å². The predicted molar refractivity (Wildman–Crippen MR) is 280 cm³/mol. The van der Waals surface area contributed by atoms with E-state index in [0.29, 0.717) is 11.4 Å². The van der Waals surface area contributed by atoms with Crippen LogP contribution in [0.4, 0.5) is 0 Å². The first-order valence-electron chi connectivity index (χ1n) is 23.4. The van der Waals surface area contributed by atoms with E-state index in [-0.39, 0.29) is 27.4 Å². The summed E-state index contributed by atoms with van der Waals surface area (Å²) in [5.74, 6) is 0.885. The van der Waals surface area contributed by atoms with Gasteiger partial charge in [0.15, 0.2) is 0 Å². The molecule has 0 aliphatic rings. The Balaban J connectivity index is 1.31. The molecule has 7 aromatic carbocycles. The highest BCUT2D eigenvalue weighted by Gasteiger charge is 2.26. The van der Waals surface area contributed by atoms with E-state index in [1.807, 2.05) is 18.3 Å². The molecular formula is C62H63N3O. The van der Waals surface area contributed by atoms with Crippen LogP contribution in [0.2, 0.25) is 0 Å². The first-order chi connectivity index (χ1) is 31.1. The molecule has 332 valence electrons. The molecule has 0 saturated carbocycles. The Bertz CT molecular complexity index is 3250. The van der Waals surface area contributed by atoms with E-state index in [9.17, 15) is 5.11 Å². The summed E-state index contributed by atoms with van der Waals surface area (Å²) in [5.41, 5.74) is 18.0. The number of benzene rings is 7. The summed E-state index contributed by atoms with van der Waals surface area (Å²) in [6, 6.07) is 54.7. The van der Waals surface area contributed by atoms with Crippen LogP contribution in [-0.4, -0.2) is 19.6 Å². The highest BCUT2D eigenvalue weighted by atomic mass is 16.3. The van der Waals surface area contributed by atoms with Crippen molar-refractivity contribution in [2.45, 2.75) is 105 Å². The maximum atomic E-state index is 11.7. The second-order valence-corrected chi connectivity index (χ2v) is 22.2. The van der Waals surface area contributed by atoms with Crippen LogP contribution >= 0.6 is 0 Å². The first kappa shape index (κ1) is 44.4. The third kappa shape index (κ3) is 8.46. The van der Waals surface area contributed by atoms with Gasteiger partial charge in [0.05, 0.1) is 22.1 Å². The normalized spacial score (nSPS) is 12.6. The van der Waals surface area contributed by atoms with Crippen molar-refractivity contribution in [1.82, 2.24) is 14.5 Å². The SMILES string of the molecule is CC(C)(C)c1ccc(-c2ccnc3c(-c4cccc(-c5cc(-c6ccccc6)cc6c5nc(-c5cc(C(C)(C)C)ccc5O)n6-c5ccc(C(C)(C)C)cc5)c4)cc(C(C)(C)C)cc23)cc1. The molecular weight excluding hydrogens is 803 g/mol. The fraction of sp³-hybridized carbons (Fsp3) is 0.258. The molecule has 0 amide bonds. The lowest BCUT2D eigenvalue weighted by Gasteiger charge is -2.23. The highest BCUT2D eigenvalue weighted by molar-refractivity contribution is 6.04. The smallest absolute Gasteiger partial charge is 0.149 e. The number of phenols is 1. The molecule has 0 unspecified atom stereocenters. The van der Waals surface area contributed by atoms with Gasteiger partial charge in [0, 0.05) is 28.4 Å². The molecule has 0 atom stereocenters. The Hall–Kier alpha value is -6.78. The average molecular weight is 866 g/mol. The molecule has 0 fully saturated rings. The topological polar surface area (TPSA) is 50.9 Å². The minimum absolute atomic E-state index is 0.0111. The lowest BCUT2D eigenvalue weighted by Crippen LogP contribution is -2.11. The largest absolute Gasteiger partial charge is 0.507 e. The number of nitrogens with zero attached hydrogens (tertiary/aromatic N) is 3. The quantitative estimate of drug-likeness (QED) is 0.181. The molecule has 0 radical (unpaired) electrons. The van der Waals surface area contributed by atoms with Gasteiger partial charge in [0.25, 0.3) is 0 Å². The average Bonchev–Trinajstić information content (AvgIpc) is 3.66. The van der Waals surface area contributed by atoms with Crippen molar-refractivity contribution in [3.63, 3.8) is 0 Å². The van der Waals surface area contributed by atoms with Gasteiger partial charge < -0.3 is 5.11 Å². The van der Waals surface area contributed by atoms with E-state index < -0.39 is 0 Å². The minimum atomic E-state index is -0.138. The molecule has 2 heterocycles. The van der Waals surface area contributed by atoms with Crippen molar-refractivity contribution in [2.24, 2.45) is 0 Å². The van der Waals surface area contributed by atoms with Gasteiger partial charge in [-0.2, -0.15) is 0 Å². The lowest BCUT2D eigenvalue weighted by atomic mass is 9.82. The van der Waals surface area contributed by atoms with Crippen LogP contribution < -0.4 is 0 Å². The molecule has 9 aromatic rings. The zero-order valence-corrected chi connectivity index (χ0v) is 40.8. The van der Waals surface area contributed by atoms with E-state index in [2.05, 4.69) is 227 Å². The van der Waals surface area contributed by atoms with Gasteiger partial charge >= 0.3 is 0 Å². The van der Waals surface area contributed by atoms with Crippen LogP contribution in [0.15, 0.2) is 158 Å². The number of hydrogen-bond acceptors (Lipinski definition) is 3. The molecule has 0 bridgehead atoms. The number of pyridine rings is 1. The lowest BCUT2D eigenvalue weighted by molar-refractivity contribution is 0.475. The highest BCUT2D eigenvalue weighted by Crippen LogP contribution is 2.44. The molecule has 66 heavy (non-hydrogen) atoms. The van der Waals surface area contributed by atoms with Crippen molar-refractivity contribution in [3.8, 4) is 67.3 Å². The second kappa shape index (κ2) is 16.3. The Morgan fingerprint density at radius 3 is 1.55 bits per heavy atom. The molecule has 0 aliphatic carbocycles. The van der Waals surface area contributed by atoms with Crippen LogP contribution in [0.25, 0.3) is 83.5 Å². The van der Waals surface area contributed by atoms with Gasteiger partial charge in [0.2, 0.25) is 0 Å². The van der Waals surface area contributed by atoms with E-state index in [0.717, 1.165) is 66.6 Å². The maximum absolute atomic E-state index is 11.7. The van der Waals surface area contributed by atoms with Gasteiger partial charge in [-0.25, -0.2) is 4.98 Å². The van der Waals surface area contributed by atoms with Crippen LogP contribution in [0.5, 0.6) is 5.75 Å². The monoisotopic (exact) mass is 865 g/mol. The zero-order chi connectivity index (χ0) is 46.9. The van der Waals surface area contributed by atoms with E-state index in [1.54, 1.807) is 0 Å². The molecule has 2 aromatic heterocycles. The Morgan fingerprint density at radius 2 is 0.939 bits per heavy atom. The molecule has 4 heteroatoms. The molecule has 0 aliphatic heterocycles. The van der Waals surface area contributed by atoms with Gasteiger partial charge in [-0.15, -0.1) is 0 Å². The van der Waals surface area contributed by atoms with Gasteiger partial charge in [-0.05, 0) is 138 Å². The van der Waals surface area contributed by atoms with Crippen LogP contribution in [-0.2, 0) is 21.7 Å². The first-order valence-corrected chi connectivity index (χ1v) is 23.4. The second-order valence-electron chi connectivity index (χ2n) is 22.2. The van der Waals surface area contributed by atoms with Crippen molar-refractivity contribution < 1.29 is 5.11 Å². The molecule has 0 spiro atoms. The Kier molecular flexibility index (Phi) is 11.0. The molecule has 0 saturated heterocycles. The van der Waals surface area contributed by atoms with Crippen LogP contribution in [0, 0.1) is 0 Å². The van der Waals surface area contributed by atoms with Crippen molar-refractivity contribution in [2.75, 3.05) is 0 Å². The summed E-state index contributed by atoms with van der Waals surface area (Å²) in [5, 5.41) is 12.9. The van der Waals surface area contributed by atoms with Gasteiger partial charge in [-0.3, -0.25) is 9.55 Å². The predicted octanol–water partition coefficient (Wildman–Crippen LogP) is 16.8. The molecule has 4 nitrogen and oxygen atoms in total. The number of fused-ring (bicyclic) bond motifs is 2. The van der Waals surface area contributed by atoms with E-state index in [1.165, 1.54) is 27.8 Å². The van der Waals surface area contributed by atoms with E-state index in [4.69, 9.17) is 9.97 Å². The summed E-state index contributed by atoms with van der Waals surface area (Å²) in [4.78, 5) is 10.7. The third-order valence-electron chi connectivity index (χ3n) is 13.2. The zero-order valence-electron chi connectivity index (χ0n) is 40.8. The van der Waals surface area contributed by atoms with Crippen LogP contribution in [0.3, 0.4) is 0 Å². The fourth-order valence-electron chi connectivity index (χ4n) is 9.09. The Labute approximate surface area is 392 Å². The summed E-state index contributed by atoms with van der Waals surface area (Å²) >= 11 is 0. The number of rotatable bonds is 6. The third-order valence-corrected chi connectivity index (χ3v) is 13.2. The maximum Gasteiger partial charge on any atom is 0.149 e. The summed E-state index contributed by atoms with van der Waals surface area (Å²) < 4.78 is 2.24. The summed E-state index contributed by atoms with van der Waals surface area (Å²) in [6.45, 7) is 27.0. The molecule has 1 N–H and O–H groups in total. The fourth-order valence-corrected chi connectivity index (χ4v) is 9.09. The summed E-state index contributed by atoms with van der Waals surface area (Å²) in [7, 11) is 0. The van der Waals surface area contributed by atoms with Crippen molar-refractivity contribution in [1.29, 1.82) is 0 Å². The number of hydrogen-bond donors (Lipinski definition) is 1. The van der Waals surface area contributed by atoms with Crippen LogP contribution in [0.1, 0.15) is 105 Å². The van der Waals surface area contributed by atoms with Gasteiger partial charge in [0.1, 0.15) is 11.6 Å². The van der Waals surface area contributed by atoms with Gasteiger partial charge in [-0.1, -0.05) is 174 Å². The number of phenolic OH excluding ortho intramolecular Hbond substituents is 1. The Morgan fingerprint density at radius 1 is 0.394 bits per heavy atom. The number of imidazole rings is 1. The standard InChI is InChI=1S/C62H63N3O/c1-59(2,3)44-23-21-40(22-24-44)49-31-32-63-56-51(37-47(38-52(49)56)62(10,11)12)42-20-16-19-41(33-42)50-34-43(39-17-14-13-15-18-39)35-54-57(50)64-58(53-36-46(61(7,8)9)27-30-55(53)66)65(54)48-28-25-45(26-29-48)60(4,5)6/h13-38,66H,1-12H3. The molecule has 9 rings (SSSR count). The minimum Gasteiger partial charge on any atom is -0.507 e.